The molecule has 1 rings (SSSR count). The Morgan fingerprint density at radius 3 is 2.40 bits per heavy atom. The van der Waals surface area contributed by atoms with Gasteiger partial charge in [0.2, 0.25) is 0 Å². The van der Waals surface area contributed by atoms with E-state index in [1.165, 1.54) is 0 Å². The predicted octanol–water partition coefficient (Wildman–Crippen LogP) is 2.67. The normalized spacial score (nSPS) is 18.5. The van der Waals surface area contributed by atoms with Crippen LogP contribution in [0.3, 0.4) is 0 Å². The third kappa shape index (κ3) is 5.52. The summed E-state index contributed by atoms with van der Waals surface area (Å²) in [4.78, 5) is 0. The zero-order valence-electron chi connectivity index (χ0n) is 9.28. The first-order valence-corrected chi connectivity index (χ1v) is 7.42. The molecule has 1 saturated carbocycles. The molecule has 0 aromatic rings. The highest BCUT2D eigenvalue weighted by molar-refractivity contribution is 7.86. The summed E-state index contributed by atoms with van der Waals surface area (Å²) in [5.74, 6) is 0.170. The van der Waals surface area contributed by atoms with Crippen LogP contribution in [0.25, 0.3) is 0 Å². The van der Waals surface area contributed by atoms with Gasteiger partial charge in [0.15, 0.2) is 0 Å². The summed E-state index contributed by atoms with van der Waals surface area (Å²) in [6, 6.07) is 0. The summed E-state index contributed by atoms with van der Waals surface area (Å²) >= 11 is 0. The van der Waals surface area contributed by atoms with Gasteiger partial charge in [0.25, 0.3) is 10.1 Å². The Balaban J connectivity index is 2.19. The Bertz CT molecular complexity index is 253. The zero-order valence-corrected chi connectivity index (χ0v) is 10.1. The largest absolute Gasteiger partial charge is 0.267 e. The van der Waals surface area contributed by atoms with E-state index in [-0.39, 0.29) is 11.9 Å². The lowest BCUT2D eigenvalue weighted by atomic mass is 10.2. The van der Waals surface area contributed by atoms with E-state index in [1.807, 2.05) is 0 Å². The maximum atomic E-state index is 11.5. The molecule has 15 heavy (non-hydrogen) atoms. The van der Waals surface area contributed by atoms with E-state index in [1.54, 1.807) is 0 Å². The van der Waals surface area contributed by atoms with Crippen LogP contribution < -0.4 is 0 Å². The molecule has 0 bridgehead atoms. The third-order valence-electron chi connectivity index (χ3n) is 2.73. The maximum Gasteiger partial charge on any atom is 0.267 e. The van der Waals surface area contributed by atoms with Gasteiger partial charge in [0.1, 0.15) is 0 Å². The fraction of sp³-hybridized carbons (Fsp3) is 0.909. The zero-order chi connectivity index (χ0) is 11.1. The van der Waals surface area contributed by atoms with Crippen molar-refractivity contribution >= 4 is 10.1 Å². The van der Waals surface area contributed by atoms with Gasteiger partial charge in [-0.2, -0.15) is 8.42 Å². The first-order chi connectivity index (χ1) is 7.14. The van der Waals surface area contributed by atoms with E-state index in [4.69, 9.17) is 4.18 Å². The van der Waals surface area contributed by atoms with Gasteiger partial charge in [-0.1, -0.05) is 39.0 Å². The van der Waals surface area contributed by atoms with Crippen molar-refractivity contribution in [3.63, 3.8) is 0 Å². The van der Waals surface area contributed by atoms with Crippen LogP contribution in [-0.4, -0.2) is 20.3 Å². The summed E-state index contributed by atoms with van der Waals surface area (Å²) in [6.07, 6.45) is 7.46. The minimum Gasteiger partial charge on any atom is -0.267 e. The fourth-order valence-corrected chi connectivity index (χ4v) is 3.13. The Kier molecular flexibility index (Phi) is 5.61. The van der Waals surface area contributed by atoms with Gasteiger partial charge in [0.05, 0.1) is 11.9 Å². The van der Waals surface area contributed by atoms with E-state index in [2.05, 4.69) is 6.92 Å². The van der Waals surface area contributed by atoms with E-state index >= 15 is 0 Å². The summed E-state index contributed by atoms with van der Waals surface area (Å²) in [5.41, 5.74) is 0. The van der Waals surface area contributed by atoms with Crippen molar-refractivity contribution < 1.29 is 12.6 Å². The van der Waals surface area contributed by atoms with E-state index < -0.39 is 10.1 Å². The topological polar surface area (TPSA) is 43.4 Å². The van der Waals surface area contributed by atoms with Crippen LogP contribution in [0.15, 0.2) is 0 Å². The molecule has 3 nitrogen and oxygen atoms in total. The molecule has 1 radical (unpaired) electrons. The van der Waals surface area contributed by atoms with Crippen molar-refractivity contribution in [2.45, 2.75) is 57.5 Å². The average Bonchev–Trinajstić information content (AvgIpc) is 2.64. The Labute approximate surface area is 93.3 Å². The molecule has 0 unspecified atom stereocenters. The average molecular weight is 233 g/mol. The van der Waals surface area contributed by atoms with Crippen LogP contribution >= 0.6 is 0 Å². The molecule has 0 heterocycles. The smallest absolute Gasteiger partial charge is 0.267 e. The van der Waals surface area contributed by atoms with Gasteiger partial charge in [-0.05, 0) is 19.3 Å². The number of unbranched alkanes of at least 4 members (excludes halogenated alkanes) is 3. The van der Waals surface area contributed by atoms with Gasteiger partial charge in [-0.3, -0.25) is 4.18 Å². The van der Waals surface area contributed by atoms with Gasteiger partial charge in [-0.15, -0.1) is 0 Å². The first kappa shape index (κ1) is 13.0. The molecule has 1 aliphatic rings. The standard InChI is InChI=1S/C11H21O3S/c1-2-3-4-7-10-15(12,13)14-11-8-5-6-9-11/h11H,1-10H2. The van der Waals surface area contributed by atoms with Crippen LogP contribution in [0.5, 0.6) is 0 Å². The molecule has 4 heteroatoms. The molecular weight excluding hydrogens is 212 g/mol. The van der Waals surface area contributed by atoms with Crippen LogP contribution in [0.4, 0.5) is 0 Å². The van der Waals surface area contributed by atoms with E-state index in [0.29, 0.717) is 6.42 Å². The Morgan fingerprint density at radius 2 is 1.80 bits per heavy atom. The second-order valence-electron chi connectivity index (χ2n) is 4.18. The van der Waals surface area contributed by atoms with E-state index in [9.17, 15) is 8.42 Å². The molecule has 0 aliphatic heterocycles. The lowest BCUT2D eigenvalue weighted by molar-refractivity contribution is 0.217. The van der Waals surface area contributed by atoms with E-state index in [0.717, 1.165) is 44.9 Å². The van der Waals surface area contributed by atoms with Gasteiger partial charge in [0, 0.05) is 0 Å². The van der Waals surface area contributed by atoms with Crippen LogP contribution in [-0.2, 0) is 14.3 Å². The molecule has 0 aromatic carbocycles. The molecule has 0 atom stereocenters. The van der Waals surface area contributed by atoms with Gasteiger partial charge in [-0.25, -0.2) is 0 Å². The minimum atomic E-state index is -3.27. The number of hydrogen-bond acceptors (Lipinski definition) is 3. The molecule has 89 valence electrons. The molecule has 0 spiro atoms. The summed E-state index contributed by atoms with van der Waals surface area (Å²) in [6.45, 7) is 3.72. The highest BCUT2D eigenvalue weighted by Crippen LogP contribution is 2.23. The maximum absolute atomic E-state index is 11.5. The van der Waals surface area contributed by atoms with Crippen molar-refractivity contribution in [1.29, 1.82) is 0 Å². The molecule has 1 fully saturated rings. The molecule has 0 N–H and O–H groups in total. The van der Waals surface area contributed by atoms with Crippen LogP contribution in [0, 0.1) is 6.92 Å². The van der Waals surface area contributed by atoms with Crippen molar-refractivity contribution in [2.24, 2.45) is 0 Å². The minimum absolute atomic E-state index is 0.0390. The molecule has 0 saturated heterocycles. The molecule has 0 aromatic heterocycles. The third-order valence-corrected chi connectivity index (χ3v) is 4.08. The van der Waals surface area contributed by atoms with Crippen molar-refractivity contribution in [3.05, 3.63) is 6.92 Å². The highest BCUT2D eigenvalue weighted by Gasteiger charge is 2.22. The lowest BCUT2D eigenvalue weighted by Crippen LogP contribution is -2.18. The highest BCUT2D eigenvalue weighted by atomic mass is 32.2. The SMILES string of the molecule is [CH2]CCCCCS(=O)(=O)OC1CCCC1. The monoisotopic (exact) mass is 233 g/mol. The molecule has 1 aliphatic carbocycles. The predicted molar refractivity (Wildman–Crippen MR) is 61.0 cm³/mol. The number of rotatable bonds is 7. The van der Waals surface area contributed by atoms with Crippen molar-refractivity contribution in [3.8, 4) is 0 Å². The summed E-state index contributed by atoms with van der Waals surface area (Å²) < 4.78 is 28.2. The van der Waals surface area contributed by atoms with Crippen LogP contribution in [0.1, 0.15) is 51.4 Å². The Morgan fingerprint density at radius 1 is 1.13 bits per heavy atom. The first-order valence-electron chi connectivity index (χ1n) is 5.84. The van der Waals surface area contributed by atoms with Gasteiger partial charge >= 0.3 is 0 Å². The van der Waals surface area contributed by atoms with Crippen molar-refractivity contribution in [1.82, 2.24) is 0 Å². The molecular formula is C11H21O3S. The second-order valence-corrected chi connectivity index (χ2v) is 5.89. The number of hydrogen-bond donors (Lipinski definition) is 0. The second kappa shape index (κ2) is 6.48. The van der Waals surface area contributed by atoms with Crippen molar-refractivity contribution in [2.75, 3.05) is 5.75 Å². The van der Waals surface area contributed by atoms with Gasteiger partial charge < -0.3 is 0 Å². The Hall–Kier alpha value is -0.0900. The quantitative estimate of drug-likeness (QED) is 0.501. The molecule has 0 amide bonds. The lowest BCUT2D eigenvalue weighted by Gasteiger charge is -2.10. The fourth-order valence-electron chi connectivity index (χ4n) is 1.87. The van der Waals surface area contributed by atoms with Crippen LogP contribution in [0.2, 0.25) is 0 Å². The summed E-state index contributed by atoms with van der Waals surface area (Å²) in [5, 5.41) is 0. The summed E-state index contributed by atoms with van der Waals surface area (Å²) in [7, 11) is -3.27.